The van der Waals surface area contributed by atoms with Crippen molar-refractivity contribution < 1.29 is 14.3 Å². The van der Waals surface area contributed by atoms with Crippen LogP contribution in [0.4, 0.5) is 5.82 Å². The van der Waals surface area contributed by atoms with Crippen LogP contribution in [0.5, 0.6) is 11.5 Å². The Kier molecular flexibility index (Phi) is 3.98. The van der Waals surface area contributed by atoms with Crippen LogP contribution in [-0.2, 0) is 11.8 Å². The molecule has 0 spiro atoms. The van der Waals surface area contributed by atoms with Crippen LogP contribution in [0.25, 0.3) is 0 Å². The molecule has 2 aromatic rings. The third kappa shape index (κ3) is 2.88. The number of amides is 1. The molecule has 122 valence electrons. The standard InChI is InChI=1S/C17H21N3O3/c1-10(2)23-14-6-5-11(7-15(14)22-4)12-8-16(21)19-17-13(12)9-18-20(17)3/h5-7,9-10,12H,8H2,1-4H3,(H,19,21). The summed E-state index contributed by atoms with van der Waals surface area (Å²) in [5.41, 5.74) is 2.04. The molecule has 23 heavy (non-hydrogen) atoms. The SMILES string of the molecule is COc1cc(C2CC(=O)Nc3c2cnn3C)ccc1OC(C)C. The lowest BCUT2D eigenvalue weighted by molar-refractivity contribution is -0.116. The van der Waals surface area contributed by atoms with Gasteiger partial charge in [-0.05, 0) is 31.5 Å². The largest absolute Gasteiger partial charge is 0.493 e. The molecule has 1 aromatic carbocycles. The van der Waals surface area contributed by atoms with Gasteiger partial charge in [0.05, 0.1) is 19.4 Å². The van der Waals surface area contributed by atoms with Crippen molar-refractivity contribution in [2.24, 2.45) is 7.05 Å². The van der Waals surface area contributed by atoms with Gasteiger partial charge in [0.1, 0.15) is 5.82 Å². The predicted molar refractivity (Wildman–Crippen MR) is 87.1 cm³/mol. The van der Waals surface area contributed by atoms with Crippen molar-refractivity contribution in [1.82, 2.24) is 9.78 Å². The summed E-state index contributed by atoms with van der Waals surface area (Å²) in [6.45, 7) is 3.95. The number of methoxy groups -OCH3 is 1. The second-order valence-corrected chi connectivity index (χ2v) is 5.95. The number of benzene rings is 1. The Morgan fingerprint density at radius 3 is 2.83 bits per heavy atom. The number of rotatable bonds is 4. The van der Waals surface area contributed by atoms with Crippen molar-refractivity contribution in [2.75, 3.05) is 12.4 Å². The first-order chi connectivity index (χ1) is 11.0. The number of carbonyl (C=O) groups excluding carboxylic acids is 1. The number of nitrogens with one attached hydrogen (secondary N) is 1. The smallest absolute Gasteiger partial charge is 0.226 e. The number of aryl methyl sites for hydroxylation is 1. The zero-order valence-corrected chi connectivity index (χ0v) is 13.8. The van der Waals surface area contributed by atoms with Gasteiger partial charge in [-0.15, -0.1) is 0 Å². The van der Waals surface area contributed by atoms with Gasteiger partial charge in [0.25, 0.3) is 0 Å². The average molecular weight is 315 g/mol. The highest BCUT2D eigenvalue weighted by Gasteiger charge is 2.29. The fourth-order valence-corrected chi connectivity index (χ4v) is 2.89. The quantitative estimate of drug-likeness (QED) is 0.942. The van der Waals surface area contributed by atoms with Crippen LogP contribution in [0.3, 0.4) is 0 Å². The summed E-state index contributed by atoms with van der Waals surface area (Å²) in [6, 6.07) is 5.83. The van der Waals surface area contributed by atoms with Crippen LogP contribution in [-0.4, -0.2) is 28.9 Å². The van der Waals surface area contributed by atoms with Gasteiger partial charge in [0.2, 0.25) is 5.91 Å². The minimum absolute atomic E-state index is 0.00688. The lowest BCUT2D eigenvalue weighted by atomic mass is 9.87. The highest BCUT2D eigenvalue weighted by atomic mass is 16.5. The molecule has 1 aliphatic rings. The fraction of sp³-hybridized carbons (Fsp3) is 0.412. The number of fused-ring (bicyclic) bond motifs is 1. The van der Waals surface area contributed by atoms with E-state index in [1.807, 2.05) is 45.3 Å². The van der Waals surface area contributed by atoms with Gasteiger partial charge in [-0.2, -0.15) is 5.10 Å². The van der Waals surface area contributed by atoms with E-state index in [1.165, 1.54) is 0 Å². The van der Waals surface area contributed by atoms with Gasteiger partial charge in [-0.25, -0.2) is 0 Å². The molecular formula is C17H21N3O3. The van der Waals surface area contributed by atoms with Crippen molar-refractivity contribution in [3.05, 3.63) is 35.5 Å². The fourth-order valence-electron chi connectivity index (χ4n) is 2.89. The molecule has 6 nitrogen and oxygen atoms in total. The number of hydrogen-bond donors (Lipinski definition) is 1. The first-order valence-electron chi connectivity index (χ1n) is 7.66. The summed E-state index contributed by atoms with van der Waals surface area (Å²) in [5, 5.41) is 7.13. The average Bonchev–Trinajstić information content (AvgIpc) is 2.88. The zero-order valence-electron chi connectivity index (χ0n) is 13.8. The van der Waals surface area contributed by atoms with E-state index in [0.29, 0.717) is 17.9 Å². The zero-order chi connectivity index (χ0) is 16.6. The molecule has 0 radical (unpaired) electrons. The molecule has 0 aliphatic carbocycles. The predicted octanol–water partition coefficient (Wildman–Crippen LogP) is 2.69. The van der Waals surface area contributed by atoms with Crippen LogP contribution >= 0.6 is 0 Å². The summed E-state index contributed by atoms with van der Waals surface area (Å²) >= 11 is 0. The number of carbonyl (C=O) groups is 1. The van der Waals surface area contributed by atoms with Gasteiger partial charge in [-0.1, -0.05) is 6.07 Å². The molecule has 1 N–H and O–H groups in total. The third-order valence-electron chi connectivity index (χ3n) is 3.94. The van der Waals surface area contributed by atoms with E-state index < -0.39 is 0 Å². The topological polar surface area (TPSA) is 65.4 Å². The Morgan fingerprint density at radius 1 is 1.35 bits per heavy atom. The molecule has 3 rings (SSSR count). The maximum Gasteiger partial charge on any atom is 0.226 e. The van der Waals surface area contributed by atoms with Crippen LogP contribution in [0.1, 0.15) is 37.3 Å². The molecule has 1 aliphatic heterocycles. The Labute approximate surface area is 135 Å². The highest BCUT2D eigenvalue weighted by molar-refractivity contribution is 5.94. The van der Waals surface area contributed by atoms with Gasteiger partial charge < -0.3 is 14.8 Å². The van der Waals surface area contributed by atoms with E-state index in [2.05, 4.69) is 10.4 Å². The Hall–Kier alpha value is -2.50. The number of nitrogens with zero attached hydrogens (tertiary/aromatic N) is 2. The lowest BCUT2D eigenvalue weighted by Gasteiger charge is -2.24. The Bertz CT molecular complexity index is 737. The molecule has 1 aromatic heterocycles. The molecule has 6 heteroatoms. The summed E-state index contributed by atoms with van der Waals surface area (Å²) < 4.78 is 12.9. The molecular weight excluding hydrogens is 294 g/mol. The molecule has 0 saturated heterocycles. The van der Waals surface area contributed by atoms with Crippen LogP contribution < -0.4 is 14.8 Å². The van der Waals surface area contributed by atoms with E-state index in [-0.39, 0.29) is 17.9 Å². The first kappa shape index (κ1) is 15.4. The second-order valence-electron chi connectivity index (χ2n) is 5.95. The van der Waals surface area contributed by atoms with Gasteiger partial charge in [0, 0.05) is 24.9 Å². The van der Waals surface area contributed by atoms with Crippen LogP contribution in [0, 0.1) is 0 Å². The molecule has 2 heterocycles. The van der Waals surface area contributed by atoms with Gasteiger partial charge >= 0.3 is 0 Å². The number of ether oxygens (including phenoxy) is 2. The maximum absolute atomic E-state index is 12.0. The molecule has 0 fully saturated rings. The van der Waals surface area contributed by atoms with Crippen molar-refractivity contribution in [3.8, 4) is 11.5 Å². The van der Waals surface area contributed by atoms with E-state index in [9.17, 15) is 4.79 Å². The number of anilines is 1. The summed E-state index contributed by atoms with van der Waals surface area (Å²) in [4.78, 5) is 12.0. The second kappa shape index (κ2) is 5.95. The minimum Gasteiger partial charge on any atom is -0.493 e. The van der Waals surface area contributed by atoms with Gasteiger partial charge in [-0.3, -0.25) is 9.48 Å². The third-order valence-corrected chi connectivity index (χ3v) is 3.94. The summed E-state index contributed by atoms with van der Waals surface area (Å²) in [5.74, 6) is 2.10. The normalized spacial score (nSPS) is 16.9. The van der Waals surface area contributed by atoms with Crippen LogP contribution in [0.2, 0.25) is 0 Å². The van der Waals surface area contributed by atoms with Crippen molar-refractivity contribution in [1.29, 1.82) is 0 Å². The molecule has 1 unspecified atom stereocenters. The van der Waals surface area contributed by atoms with Gasteiger partial charge in [0.15, 0.2) is 11.5 Å². The Morgan fingerprint density at radius 2 is 2.13 bits per heavy atom. The maximum atomic E-state index is 12.0. The summed E-state index contributed by atoms with van der Waals surface area (Å²) in [6.07, 6.45) is 2.27. The van der Waals surface area contributed by atoms with Crippen LogP contribution in [0.15, 0.2) is 24.4 Å². The Balaban J connectivity index is 2.00. The molecule has 0 bridgehead atoms. The van der Waals surface area contributed by atoms with E-state index >= 15 is 0 Å². The monoisotopic (exact) mass is 315 g/mol. The number of aromatic nitrogens is 2. The molecule has 1 atom stereocenters. The first-order valence-corrected chi connectivity index (χ1v) is 7.66. The van der Waals surface area contributed by atoms with Crippen molar-refractivity contribution >= 4 is 11.7 Å². The molecule has 1 amide bonds. The lowest BCUT2D eigenvalue weighted by Crippen LogP contribution is -2.24. The van der Waals surface area contributed by atoms with E-state index in [0.717, 1.165) is 16.9 Å². The van der Waals surface area contributed by atoms with Crippen molar-refractivity contribution in [2.45, 2.75) is 32.3 Å². The highest BCUT2D eigenvalue weighted by Crippen LogP contribution is 2.39. The van der Waals surface area contributed by atoms with E-state index in [1.54, 1.807) is 11.8 Å². The minimum atomic E-state index is -0.0329. The summed E-state index contributed by atoms with van der Waals surface area (Å²) in [7, 11) is 3.44. The van der Waals surface area contributed by atoms with E-state index in [4.69, 9.17) is 9.47 Å². The molecule has 0 saturated carbocycles. The van der Waals surface area contributed by atoms with Crippen molar-refractivity contribution in [3.63, 3.8) is 0 Å². The number of hydrogen-bond acceptors (Lipinski definition) is 4.